The van der Waals surface area contributed by atoms with Crippen LogP contribution in [0.1, 0.15) is 52.4 Å². The minimum Gasteiger partial charge on any atom is -0.300 e. The van der Waals surface area contributed by atoms with Crippen molar-refractivity contribution in [3.63, 3.8) is 0 Å². The molecule has 3 nitrogen and oxygen atoms in total. The van der Waals surface area contributed by atoms with E-state index in [1.54, 1.807) is 0 Å². The van der Waals surface area contributed by atoms with E-state index in [0.717, 1.165) is 23.9 Å². The number of fused-ring (bicyclic) bond motifs is 2. The Morgan fingerprint density at radius 1 is 1.18 bits per heavy atom. The SMILES string of the molecule is CC(C)CCC(NN)C1CC2CCC(C1)N2C. The fraction of sp³-hybridized carbons (Fsp3) is 1.00. The second-order valence-corrected chi connectivity index (χ2v) is 6.53. The fourth-order valence-electron chi connectivity index (χ4n) is 3.75. The van der Waals surface area contributed by atoms with Crippen LogP contribution in [-0.4, -0.2) is 30.1 Å². The molecule has 2 saturated heterocycles. The molecule has 3 N–H and O–H groups in total. The minimum absolute atomic E-state index is 0.536. The summed E-state index contributed by atoms with van der Waals surface area (Å²) in [6.07, 6.45) is 8.02. The number of rotatable bonds is 5. The zero-order valence-electron chi connectivity index (χ0n) is 11.7. The lowest BCUT2D eigenvalue weighted by Gasteiger charge is -2.39. The molecule has 3 unspecified atom stereocenters. The van der Waals surface area contributed by atoms with Crippen molar-refractivity contribution in [1.82, 2.24) is 10.3 Å². The van der Waals surface area contributed by atoms with Gasteiger partial charge >= 0.3 is 0 Å². The summed E-state index contributed by atoms with van der Waals surface area (Å²) in [4.78, 5) is 2.60. The maximum atomic E-state index is 5.77. The smallest absolute Gasteiger partial charge is 0.0240 e. The van der Waals surface area contributed by atoms with Crippen molar-refractivity contribution in [1.29, 1.82) is 0 Å². The lowest BCUT2D eigenvalue weighted by molar-refractivity contribution is 0.108. The molecule has 2 aliphatic rings. The summed E-state index contributed by atoms with van der Waals surface area (Å²) in [6, 6.07) is 2.19. The summed E-state index contributed by atoms with van der Waals surface area (Å²) in [5.41, 5.74) is 3.09. The van der Waals surface area contributed by atoms with Crippen LogP contribution in [0.3, 0.4) is 0 Å². The first-order valence-corrected chi connectivity index (χ1v) is 7.29. The second-order valence-electron chi connectivity index (χ2n) is 6.53. The Labute approximate surface area is 106 Å². The Kier molecular flexibility index (Phi) is 4.45. The summed E-state index contributed by atoms with van der Waals surface area (Å²) >= 11 is 0. The van der Waals surface area contributed by atoms with E-state index in [-0.39, 0.29) is 0 Å². The monoisotopic (exact) mass is 239 g/mol. The maximum Gasteiger partial charge on any atom is 0.0240 e. The molecule has 0 aromatic heterocycles. The molecule has 0 aromatic carbocycles. The van der Waals surface area contributed by atoms with Gasteiger partial charge in [-0.2, -0.15) is 0 Å². The molecule has 2 rings (SSSR count). The van der Waals surface area contributed by atoms with Crippen LogP contribution in [0.4, 0.5) is 0 Å². The minimum atomic E-state index is 0.536. The van der Waals surface area contributed by atoms with Crippen LogP contribution < -0.4 is 11.3 Å². The third kappa shape index (κ3) is 3.01. The van der Waals surface area contributed by atoms with Gasteiger partial charge in [0, 0.05) is 18.1 Å². The number of hydrazine groups is 1. The van der Waals surface area contributed by atoms with Crippen LogP contribution in [0, 0.1) is 11.8 Å². The van der Waals surface area contributed by atoms with E-state index in [4.69, 9.17) is 5.84 Å². The van der Waals surface area contributed by atoms with Gasteiger partial charge in [0.2, 0.25) is 0 Å². The van der Waals surface area contributed by atoms with Crippen LogP contribution in [0.15, 0.2) is 0 Å². The summed E-state index contributed by atoms with van der Waals surface area (Å²) in [6.45, 7) is 4.60. The molecule has 0 aromatic rings. The van der Waals surface area contributed by atoms with Gasteiger partial charge in [0.05, 0.1) is 0 Å². The van der Waals surface area contributed by atoms with Gasteiger partial charge in [0.1, 0.15) is 0 Å². The van der Waals surface area contributed by atoms with Crippen molar-refractivity contribution in [3.8, 4) is 0 Å². The molecular weight excluding hydrogens is 210 g/mol. The zero-order chi connectivity index (χ0) is 12.4. The lowest BCUT2D eigenvalue weighted by Crippen LogP contribution is -2.48. The molecule has 0 spiro atoms. The second kappa shape index (κ2) is 5.68. The number of hydrogen-bond donors (Lipinski definition) is 2. The van der Waals surface area contributed by atoms with Gasteiger partial charge in [-0.1, -0.05) is 13.8 Å². The number of nitrogens with two attached hydrogens (primary N) is 1. The molecule has 2 fully saturated rings. The molecule has 0 amide bonds. The highest BCUT2D eigenvalue weighted by Gasteiger charge is 2.40. The summed E-state index contributed by atoms with van der Waals surface area (Å²) in [5, 5.41) is 0. The molecule has 3 heteroatoms. The Hall–Kier alpha value is -0.120. The van der Waals surface area contributed by atoms with Crippen molar-refractivity contribution in [2.75, 3.05) is 7.05 Å². The molecule has 2 heterocycles. The third-order valence-corrected chi connectivity index (χ3v) is 4.97. The first-order chi connectivity index (χ1) is 8.11. The average molecular weight is 239 g/mol. The fourth-order valence-corrected chi connectivity index (χ4v) is 3.75. The van der Waals surface area contributed by atoms with Crippen molar-refractivity contribution >= 4 is 0 Å². The highest BCUT2D eigenvalue weighted by molar-refractivity contribution is 4.96. The zero-order valence-corrected chi connectivity index (χ0v) is 11.7. The van der Waals surface area contributed by atoms with Crippen molar-refractivity contribution in [3.05, 3.63) is 0 Å². The predicted molar refractivity (Wildman–Crippen MR) is 72.5 cm³/mol. The standard InChI is InChI=1S/C14H29N3/c1-10(2)4-7-14(16-15)11-8-12-5-6-13(9-11)17(12)3/h10-14,16H,4-9,15H2,1-3H3. The van der Waals surface area contributed by atoms with Crippen LogP contribution in [0.2, 0.25) is 0 Å². The van der Waals surface area contributed by atoms with Gasteiger partial charge in [0.15, 0.2) is 0 Å². The number of nitrogens with zero attached hydrogens (tertiary/aromatic N) is 1. The topological polar surface area (TPSA) is 41.3 Å². The first-order valence-electron chi connectivity index (χ1n) is 7.29. The van der Waals surface area contributed by atoms with E-state index in [1.165, 1.54) is 38.5 Å². The van der Waals surface area contributed by atoms with Gasteiger partial charge < -0.3 is 4.90 Å². The molecule has 0 saturated carbocycles. The molecule has 100 valence electrons. The van der Waals surface area contributed by atoms with Gasteiger partial charge in [-0.3, -0.25) is 11.3 Å². The van der Waals surface area contributed by atoms with Gasteiger partial charge in [-0.15, -0.1) is 0 Å². The number of hydrogen-bond acceptors (Lipinski definition) is 3. The van der Waals surface area contributed by atoms with Crippen molar-refractivity contribution in [2.24, 2.45) is 17.7 Å². The Morgan fingerprint density at radius 3 is 2.24 bits per heavy atom. The highest BCUT2D eigenvalue weighted by atomic mass is 15.2. The van der Waals surface area contributed by atoms with Gasteiger partial charge in [-0.05, 0) is 57.4 Å². The average Bonchev–Trinajstić information content (AvgIpc) is 2.53. The summed E-state index contributed by atoms with van der Waals surface area (Å²) < 4.78 is 0. The normalized spacial score (nSPS) is 35.5. The van der Waals surface area contributed by atoms with Crippen molar-refractivity contribution < 1.29 is 0 Å². The van der Waals surface area contributed by atoms with Gasteiger partial charge in [0.25, 0.3) is 0 Å². The maximum absolute atomic E-state index is 5.77. The van der Waals surface area contributed by atoms with Crippen LogP contribution in [0.5, 0.6) is 0 Å². The largest absolute Gasteiger partial charge is 0.300 e. The Bertz CT molecular complexity index is 228. The number of piperidine rings is 1. The molecule has 2 aliphatic heterocycles. The van der Waals surface area contributed by atoms with Crippen LogP contribution in [-0.2, 0) is 0 Å². The predicted octanol–water partition coefficient (Wildman–Crippen LogP) is 2.13. The van der Waals surface area contributed by atoms with E-state index >= 15 is 0 Å². The first kappa shape index (κ1) is 13.3. The Balaban J connectivity index is 1.88. The molecule has 2 bridgehead atoms. The van der Waals surface area contributed by atoms with E-state index in [9.17, 15) is 0 Å². The molecule has 17 heavy (non-hydrogen) atoms. The van der Waals surface area contributed by atoms with Gasteiger partial charge in [-0.25, -0.2) is 0 Å². The lowest BCUT2D eigenvalue weighted by atomic mass is 9.83. The molecular formula is C14H29N3. The van der Waals surface area contributed by atoms with Crippen molar-refractivity contribution in [2.45, 2.75) is 70.5 Å². The molecule has 3 atom stereocenters. The van der Waals surface area contributed by atoms with E-state index < -0.39 is 0 Å². The summed E-state index contributed by atoms with van der Waals surface area (Å²) in [5.74, 6) is 7.36. The highest BCUT2D eigenvalue weighted by Crippen LogP contribution is 2.39. The van der Waals surface area contributed by atoms with E-state index in [1.807, 2.05) is 0 Å². The quantitative estimate of drug-likeness (QED) is 0.570. The number of nitrogens with one attached hydrogen (secondary N) is 1. The van der Waals surface area contributed by atoms with Crippen LogP contribution >= 0.6 is 0 Å². The molecule has 0 aliphatic carbocycles. The van der Waals surface area contributed by atoms with E-state index in [0.29, 0.717) is 6.04 Å². The Morgan fingerprint density at radius 2 is 1.76 bits per heavy atom. The molecule has 0 radical (unpaired) electrons. The van der Waals surface area contributed by atoms with E-state index in [2.05, 4.69) is 31.2 Å². The third-order valence-electron chi connectivity index (χ3n) is 4.97. The van der Waals surface area contributed by atoms with Crippen LogP contribution in [0.25, 0.3) is 0 Å². The summed E-state index contributed by atoms with van der Waals surface area (Å²) in [7, 11) is 2.30.